The summed E-state index contributed by atoms with van der Waals surface area (Å²) >= 11 is 0. The number of aromatic nitrogens is 1. The zero-order valence-electron chi connectivity index (χ0n) is 24.6. The molecule has 3 aromatic carbocycles. The lowest BCUT2D eigenvalue weighted by Crippen LogP contribution is -2.14. The Labute approximate surface area is 243 Å². The summed E-state index contributed by atoms with van der Waals surface area (Å²) in [5, 5.41) is 0.896. The van der Waals surface area contributed by atoms with Gasteiger partial charge in [-0.2, -0.15) is 0 Å². The first-order valence-electron chi connectivity index (χ1n) is 14.6. The monoisotopic (exact) mass is 555 g/mol. The number of carbonyl (C=O) groups is 2. The number of rotatable bonds is 15. The van der Waals surface area contributed by atoms with Crippen molar-refractivity contribution < 1.29 is 23.8 Å². The van der Waals surface area contributed by atoms with E-state index in [1.165, 1.54) is 5.56 Å². The Morgan fingerprint density at radius 3 is 2.29 bits per heavy atom. The van der Waals surface area contributed by atoms with Crippen LogP contribution in [-0.4, -0.2) is 36.1 Å². The van der Waals surface area contributed by atoms with Gasteiger partial charge in [0.05, 0.1) is 6.61 Å². The van der Waals surface area contributed by atoms with Crippen molar-refractivity contribution >= 4 is 22.7 Å². The molecule has 4 rings (SSSR count). The van der Waals surface area contributed by atoms with Crippen molar-refractivity contribution in [3.63, 3.8) is 0 Å². The smallest absolute Gasteiger partial charge is 0.305 e. The fourth-order valence-electron chi connectivity index (χ4n) is 5.05. The highest BCUT2D eigenvalue weighted by Crippen LogP contribution is 2.26. The van der Waals surface area contributed by atoms with Crippen LogP contribution in [0, 0.1) is 5.92 Å². The van der Waals surface area contributed by atoms with E-state index < -0.39 is 0 Å². The molecule has 1 heterocycles. The molecular formula is C35H41NO5. The van der Waals surface area contributed by atoms with Crippen molar-refractivity contribution in [1.29, 1.82) is 0 Å². The van der Waals surface area contributed by atoms with Crippen LogP contribution < -0.4 is 4.74 Å². The van der Waals surface area contributed by atoms with Gasteiger partial charge in [-0.3, -0.25) is 9.59 Å². The quantitative estimate of drug-likeness (QED) is 0.112. The summed E-state index contributed by atoms with van der Waals surface area (Å²) in [6.07, 6.45) is 3.75. The van der Waals surface area contributed by atoms with Gasteiger partial charge in [0.25, 0.3) is 0 Å². The van der Waals surface area contributed by atoms with E-state index in [0.717, 1.165) is 22.9 Å². The minimum absolute atomic E-state index is 0.0504. The average molecular weight is 556 g/mol. The molecule has 0 amide bonds. The molecule has 1 atom stereocenters. The summed E-state index contributed by atoms with van der Waals surface area (Å²) in [6, 6.07) is 23.7. The van der Waals surface area contributed by atoms with Crippen molar-refractivity contribution in [2.24, 2.45) is 5.92 Å². The van der Waals surface area contributed by atoms with E-state index in [1.807, 2.05) is 54.1 Å². The molecule has 0 saturated carbocycles. The second-order valence-electron chi connectivity index (χ2n) is 10.6. The van der Waals surface area contributed by atoms with E-state index in [4.69, 9.17) is 14.2 Å². The molecule has 0 bridgehead atoms. The van der Waals surface area contributed by atoms with E-state index in [1.54, 1.807) is 19.1 Å². The van der Waals surface area contributed by atoms with Gasteiger partial charge in [-0.15, -0.1) is 0 Å². The molecule has 0 radical (unpaired) electrons. The molecule has 0 spiro atoms. The third-order valence-corrected chi connectivity index (χ3v) is 7.00. The number of ether oxygens (including phenoxy) is 3. The lowest BCUT2D eigenvalue weighted by Gasteiger charge is -2.19. The zero-order chi connectivity index (χ0) is 29.2. The van der Waals surface area contributed by atoms with E-state index >= 15 is 0 Å². The number of carbonyl (C=O) groups excluding carboxylic acids is 2. The van der Waals surface area contributed by atoms with Crippen LogP contribution in [0.25, 0.3) is 10.9 Å². The molecule has 6 nitrogen and oxygen atoms in total. The summed E-state index contributed by atoms with van der Waals surface area (Å²) in [5.74, 6) is 1.05. The van der Waals surface area contributed by atoms with Gasteiger partial charge in [-0.1, -0.05) is 56.3 Å². The standard InChI is InChI=1S/C35H41NO5/c1-5-39-33(27-15-13-26(14-16-27)22-25(3)4)24-41-29-19-17-28(18-20-29)35(38)31-23-36(21-9-12-34(37)40-6-2)32-11-8-7-10-30(31)32/h7-8,10-11,13-20,23,25,33H,5-6,9,12,21-22,24H2,1-4H3. The Morgan fingerprint density at radius 2 is 1.61 bits per heavy atom. The first kappa shape index (κ1) is 30.1. The number of ketones is 1. The van der Waals surface area contributed by atoms with Crippen LogP contribution in [-0.2, 0) is 27.2 Å². The fourth-order valence-corrected chi connectivity index (χ4v) is 5.05. The molecule has 0 aliphatic rings. The van der Waals surface area contributed by atoms with Crippen molar-refractivity contribution in [2.45, 2.75) is 59.6 Å². The number of benzene rings is 3. The average Bonchev–Trinajstić information content (AvgIpc) is 3.34. The van der Waals surface area contributed by atoms with E-state index in [9.17, 15) is 9.59 Å². The molecule has 1 unspecified atom stereocenters. The van der Waals surface area contributed by atoms with Crippen molar-refractivity contribution in [3.8, 4) is 5.75 Å². The van der Waals surface area contributed by atoms with Crippen LogP contribution >= 0.6 is 0 Å². The predicted octanol–water partition coefficient (Wildman–Crippen LogP) is 7.57. The predicted molar refractivity (Wildman–Crippen MR) is 163 cm³/mol. The SMILES string of the molecule is CCOC(=O)CCCn1cc(C(=O)c2ccc(OCC(OCC)c3ccc(CC(C)C)cc3)cc2)c2ccccc21. The number of hydrogen-bond donors (Lipinski definition) is 0. The lowest BCUT2D eigenvalue weighted by molar-refractivity contribution is -0.143. The number of para-hydroxylation sites is 1. The van der Waals surface area contributed by atoms with Gasteiger partial charge < -0.3 is 18.8 Å². The summed E-state index contributed by atoms with van der Waals surface area (Å²) < 4.78 is 19.2. The highest BCUT2D eigenvalue weighted by Gasteiger charge is 2.18. The Kier molecular flexibility index (Phi) is 10.7. The molecule has 41 heavy (non-hydrogen) atoms. The van der Waals surface area contributed by atoms with Gasteiger partial charge >= 0.3 is 5.97 Å². The van der Waals surface area contributed by atoms with Gasteiger partial charge in [0.15, 0.2) is 5.78 Å². The topological polar surface area (TPSA) is 66.8 Å². The molecule has 0 N–H and O–H groups in total. The highest BCUT2D eigenvalue weighted by atomic mass is 16.5. The van der Waals surface area contributed by atoms with Gasteiger partial charge in [-0.25, -0.2) is 0 Å². The highest BCUT2D eigenvalue weighted by molar-refractivity contribution is 6.16. The van der Waals surface area contributed by atoms with Crippen molar-refractivity contribution in [3.05, 3.63) is 101 Å². The van der Waals surface area contributed by atoms with Gasteiger partial charge in [-0.05, 0) is 74.1 Å². The Bertz CT molecular complexity index is 1420. The molecule has 1 aromatic heterocycles. The minimum Gasteiger partial charge on any atom is -0.491 e. The Hall–Kier alpha value is -3.90. The fraction of sp³-hybridized carbons (Fsp3) is 0.371. The third-order valence-electron chi connectivity index (χ3n) is 7.00. The maximum Gasteiger partial charge on any atom is 0.305 e. The van der Waals surface area contributed by atoms with E-state index in [-0.39, 0.29) is 17.9 Å². The maximum absolute atomic E-state index is 13.5. The third kappa shape index (κ3) is 8.08. The molecule has 0 aliphatic heterocycles. The summed E-state index contributed by atoms with van der Waals surface area (Å²) in [6.45, 7) is 10.2. The van der Waals surface area contributed by atoms with E-state index in [0.29, 0.717) is 62.0 Å². The summed E-state index contributed by atoms with van der Waals surface area (Å²) in [4.78, 5) is 25.3. The second kappa shape index (κ2) is 14.6. The lowest BCUT2D eigenvalue weighted by atomic mass is 10.0. The van der Waals surface area contributed by atoms with Gasteiger partial charge in [0.2, 0.25) is 0 Å². The minimum atomic E-state index is -0.199. The summed E-state index contributed by atoms with van der Waals surface area (Å²) in [7, 11) is 0. The first-order chi connectivity index (χ1) is 19.9. The molecular weight excluding hydrogens is 514 g/mol. The van der Waals surface area contributed by atoms with Crippen LogP contribution in [0.5, 0.6) is 5.75 Å². The van der Waals surface area contributed by atoms with Crippen molar-refractivity contribution in [2.75, 3.05) is 19.8 Å². The maximum atomic E-state index is 13.5. The van der Waals surface area contributed by atoms with Crippen LogP contribution in [0.4, 0.5) is 0 Å². The number of nitrogens with zero attached hydrogens (tertiary/aromatic N) is 1. The van der Waals surface area contributed by atoms with Crippen LogP contribution in [0.15, 0.2) is 79.0 Å². The van der Waals surface area contributed by atoms with E-state index in [2.05, 4.69) is 38.1 Å². The summed E-state index contributed by atoms with van der Waals surface area (Å²) in [5.41, 5.74) is 4.61. The molecule has 6 heteroatoms. The largest absolute Gasteiger partial charge is 0.491 e. The number of hydrogen-bond acceptors (Lipinski definition) is 5. The Balaban J connectivity index is 1.42. The van der Waals surface area contributed by atoms with Crippen LogP contribution in [0.3, 0.4) is 0 Å². The van der Waals surface area contributed by atoms with Crippen molar-refractivity contribution in [1.82, 2.24) is 4.57 Å². The molecule has 0 saturated heterocycles. The molecule has 216 valence electrons. The van der Waals surface area contributed by atoms with Gasteiger partial charge in [0.1, 0.15) is 18.5 Å². The normalized spacial score (nSPS) is 12.0. The molecule has 0 aliphatic carbocycles. The first-order valence-corrected chi connectivity index (χ1v) is 14.6. The van der Waals surface area contributed by atoms with Crippen LogP contribution in [0.2, 0.25) is 0 Å². The number of fused-ring (bicyclic) bond motifs is 1. The number of aryl methyl sites for hydroxylation is 1. The zero-order valence-corrected chi connectivity index (χ0v) is 24.6. The molecule has 0 fully saturated rings. The second-order valence-corrected chi connectivity index (χ2v) is 10.6. The Morgan fingerprint density at radius 1 is 0.878 bits per heavy atom. The molecule has 4 aromatic rings. The van der Waals surface area contributed by atoms with Crippen LogP contribution in [0.1, 0.15) is 73.7 Å². The van der Waals surface area contributed by atoms with Gasteiger partial charge in [0, 0.05) is 47.8 Å². The number of esters is 1.